The fraction of sp³-hybridized carbons (Fsp3) is 0.296. The van der Waals surface area contributed by atoms with Crippen molar-refractivity contribution in [1.82, 2.24) is 14.5 Å². The molecule has 34 heavy (non-hydrogen) atoms. The third-order valence-electron chi connectivity index (χ3n) is 6.40. The van der Waals surface area contributed by atoms with Crippen molar-refractivity contribution in [2.45, 2.75) is 31.8 Å². The number of benzene rings is 2. The Morgan fingerprint density at radius 1 is 1.09 bits per heavy atom. The number of carbonyl (C=O) groups excluding carboxylic acids is 1. The second-order valence-electron chi connectivity index (χ2n) is 8.54. The van der Waals surface area contributed by atoms with E-state index in [0.717, 1.165) is 38.2 Å². The number of methoxy groups -OCH3 is 1. The smallest absolute Gasteiger partial charge is 0.262 e. The highest BCUT2D eigenvalue weighted by Crippen LogP contribution is 2.35. The van der Waals surface area contributed by atoms with Gasteiger partial charge in [0.25, 0.3) is 5.56 Å². The quantitative estimate of drug-likeness (QED) is 0.377. The molecule has 4 aromatic rings. The van der Waals surface area contributed by atoms with Crippen LogP contribution in [0.5, 0.6) is 0 Å². The lowest BCUT2D eigenvalue weighted by Gasteiger charge is -2.31. The molecule has 0 saturated carbocycles. The summed E-state index contributed by atoms with van der Waals surface area (Å²) >= 11 is 1.53. The Morgan fingerprint density at radius 2 is 1.76 bits per heavy atom. The number of nitrogens with zero attached hydrogens (tertiary/aromatic N) is 3. The van der Waals surface area contributed by atoms with E-state index in [1.807, 2.05) is 65.6 Å². The molecule has 2 aromatic heterocycles. The van der Waals surface area contributed by atoms with Gasteiger partial charge in [0.15, 0.2) is 0 Å². The minimum absolute atomic E-state index is 0.00447. The summed E-state index contributed by atoms with van der Waals surface area (Å²) in [5.74, 6) is -0.264. The fourth-order valence-corrected chi connectivity index (χ4v) is 5.89. The van der Waals surface area contributed by atoms with Gasteiger partial charge in [0.05, 0.1) is 24.2 Å². The van der Waals surface area contributed by atoms with Crippen LogP contribution in [0.3, 0.4) is 0 Å². The number of ether oxygens (including phenoxy) is 1. The minimum atomic E-state index is -0.352. The molecular weight excluding hydrogens is 446 g/mol. The van der Waals surface area contributed by atoms with Crippen molar-refractivity contribution in [3.63, 3.8) is 0 Å². The largest absolute Gasteiger partial charge is 0.385 e. The zero-order chi connectivity index (χ0) is 23.5. The monoisotopic (exact) mass is 473 g/mol. The Labute approximate surface area is 202 Å². The molecule has 0 radical (unpaired) electrons. The predicted octanol–water partition coefficient (Wildman–Crippen LogP) is 4.21. The molecule has 2 aromatic carbocycles. The first-order valence-corrected chi connectivity index (χ1v) is 12.4. The summed E-state index contributed by atoms with van der Waals surface area (Å²) in [7, 11) is 1.66. The first kappa shape index (κ1) is 22.5. The molecule has 174 valence electrons. The second kappa shape index (κ2) is 9.91. The number of rotatable bonds is 7. The Bertz CT molecular complexity index is 1310. The van der Waals surface area contributed by atoms with Crippen molar-refractivity contribution in [1.29, 1.82) is 0 Å². The summed E-state index contributed by atoms with van der Waals surface area (Å²) in [5, 5.41) is 0.717. The van der Waals surface area contributed by atoms with Crippen molar-refractivity contribution >= 4 is 27.5 Å². The molecule has 0 fully saturated rings. The molecule has 0 unspecified atom stereocenters. The van der Waals surface area contributed by atoms with Gasteiger partial charge >= 0.3 is 0 Å². The molecule has 1 aliphatic heterocycles. The van der Waals surface area contributed by atoms with Crippen LogP contribution in [0.25, 0.3) is 10.2 Å². The second-order valence-corrected chi connectivity index (χ2v) is 9.62. The van der Waals surface area contributed by atoms with E-state index in [1.54, 1.807) is 18.0 Å². The number of aromatic nitrogens is 2. The van der Waals surface area contributed by atoms with E-state index < -0.39 is 0 Å². The maximum Gasteiger partial charge on any atom is 0.262 e. The first-order chi connectivity index (χ1) is 16.7. The molecule has 5 rings (SSSR count). The maximum absolute atomic E-state index is 13.8. The minimum Gasteiger partial charge on any atom is -0.385 e. The van der Waals surface area contributed by atoms with Gasteiger partial charge in [0.1, 0.15) is 4.83 Å². The molecule has 1 amide bonds. The van der Waals surface area contributed by atoms with Crippen LogP contribution < -0.4 is 5.56 Å². The molecule has 1 aliphatic rings. The van der Waals surface area contributed by atoms with Gasteiger partial charge in [-0.25, -0.2) is 4.98 Å². The Kier molecular flexibility index (Phi) is 6.56. The van der Waals surface area contributed by atoms with Crippen LogP contribution in [0.1, 0.15) is 33.9 Å². The van der Waals surface area contributed by atoms with E-state index in [2.05, 4.69) is 4.98 Å². The summed E-state index contributed by atoms with van der Waals surface area (Å²) in [5.41, 5.74) is 3.03. The fourth-order valence-electron chi connectivity index (χ4n) is 4.70. The van der Waals surface area contributed by atoms with E-state index in [-0.39, 0.29) is 17.4 Å². The summed E-state index contributed by atoms with van der Waals surface area (Å²) < 4.78 is 6.79. The van der Waals surface area contributed by atoms with Crippen LogP contribution in [0.15, 0.2) is 71.8 Å². The number of fused-ring (bicyclic) bond motifs is 3. The highest BCUT2D eigenvalue weighted by atomic mass is 32.1. The molecule has 0 atom stereocenters. The first-order valence-electron chi connectivity index (χ1n) is 11.5. The van der Waals surface area contributed by atoms with E-state index >= 15 is 0 Å². The predicted molar refractivity (Wildman–Crippen MR) is 134 cm³/mol. The van der Waals surface area contributed by atoms with E-state index in [0.29, 0.717) is 32.7 Å². The van der Waals surface area contributed by atoms with Gasteiger partial charge in [-0.15, -0.1) is 11.3 Å². The molecule has 0 bridgehead atoms. The Balaban J connectivity index is 1.45. The van der Waals surface area contributed by atoms with E-state index in [9.17, 15) is 9.59 Å². The van der Waals surface area contributed by atoms with Crippen LogP contribution in [0, 0.1) is 0 Å². The van der Waals surface area contributed by atoms with Crippen LogP contribution in [-0.4, -0.2) is 40.6 Å². The molecule has 7 heteroatoms. The van der Waals surface area contributed by atoms with Gasteiger partial charge in [-0.2, -0.15) is 0 Å². The van der Waals surface area contributed by atoms with Crippen molar-refractivity contribution < 1.29 is 9.53 Å². The molecule has 0 aliphatic carbocycles. The van der Waals surface area contributed by atoms with Gasteiger partial charge in [0, 0.05) is 31.7 Å². The summed E-state index contributed by atoms with van der Waals surface area (Å²) in [4.78, 5) is 35.3. The number of carbonyl (C=O) groups is 1. The highest BCUT2D eigenvalue weighted by Gasteiger charge is 2.31. The third-order valence-corrected chi connectivity index (χ3v) is 7.52. The summed E-state index contributed by atoms with van der Waals surface area (Å²) in [6.07, 6.45) is 3.06. The van der Waals surface area contributed by atoms with Crippen LogP contribution in [-0.2, 0) is 29.0 Å². The molecule has 3 heterocycles. The van der Waals surface area contributed by atoms with Crippen LogP contribution in [0.2, 0.25) is 0 Å². The van der Waals surface area contributed by atoms with Gasteiger partial charge in [-0.05, 0) is 29.5 Å². The van der Waals surface area contributed by atoms with E-state index in [4.69, 9.17) is 4.74 Å². The van der Waals surface area contributed by atoms with Crippen molar-refractivity contribution in [3.8, 4) is 0 Å². The zero-order valence-electron chi connectivity index (χ0n) is 19.1. The zero-order valence-corrected chi connectivity index (χ0v) is 20.0. The molecule has 0 N–H and O–H groups in total. The van der Waals surface area contributed by atoms with Gasteiger partial charge < -0.3 is 9.64 Å². The SMILES string of the molecule is COCCCn1cnc2sc3c(c2c1=O)CCN(C(=O)C(c1ccccc1)c1ccccc1)C3. The maximum atomic E-state index is 13.8. The van der Waals surface area contributed by atoms with E-state index in [1.165, 1.54) is 11.3 Å². The van der Waals surface area contributed by atoms with Gasteiger partial charge in [0.2, 0.25) is 5.91 Å². The normalized spacial score (nSPS) is 13.4. The Hall–Kier alpha value is -3.29. The molecule has 0 saturated heterocycles. The van der Waals surface area contributed by atoms with Crippen molar-refractivity contribution in [2.75, 3.05) is 20.3 Å². The molecular formula is C27H27N3O3S. The van der Waals surface area contributed by atoms with Crippen molar-refractivity contribution in [3.05, 3.63) is 98.9 Å². The average Bonchev–Trinajstić information content (AvgIpc) is 3.25. The number of hydrogen-bond acceptors (Lipinski definition) is 5. The summed E-state index contributed by atoms with van der Waals surface area (Å²) in [6, 6.07) is 19.9. The number of thiophene rings is 1. The van der Waals surface area contributed by atoms with Crippen molar-refractivity contribution in [2.24, 2.45) is 0 Å². The van der Waals surface area contributed by atoms with Crippen LogP contribution in [0.4, 0.5) is 0 Å². The number of aryl methyl sites for hydroxylation is 1. The standard InChI is InChI=1S/C27H27N3O3S/c1-33-16-8-14-30-18-28-25-24(27(30)32)21-13-15-29(17-22(21)34-25)26(31)23(19-9-4-2-5-10-19)20-11-6-3-7-12-20/h2-7,9-12,18,23H,8,13-17H2,1H3. The average molecular weight is 474 g/mol. The lowest BCUT2D eigenvalue weighted by molar-refractivity contribution is -0.132. The molecule has 0 spiro atoms. The highest BCUT2D eigenvalue weighted by molar-refractivity contribution is 7.18. The topological polar surface area (TPSA) is 64.4 Å². The number of amides is 1. The Morgan fingerprint density at radius 3 is 2.41 bits per heavy atom. The van der Waals surface area contributed by atoms with Gasteiger partial charge in [-0.1, -0.05) is 60.7 Å². The molecule has 6 nitrogen and oxygen atoms in total. The lowest BCUT2D eigenvalue weighted by atomic mass is 9.89. The number of hydrogen-bond donors (Lipinski definition) is 0. The third kappa shape index (κ3) is 4.29. The summed E-state index contributed by atoms with van der Waals surface area (Å²) in [6.45, 7) is 2.29. The van der Waals surface area contributed by atoms with Gasteiger partial charge in [-0.3, -0.25) is 14.2 Å². The lowest BCUT2D eigenvalue weighted by Crippen LogP contribution is -2.39. The van der Waals surface area contributed by atoms with Crippen LogP contribution >= 0.6 is 11.3 Å².